The van der Waals surface area contributed by atoms with Crippen molar-refractivity contribution in [3.05, 3.63) is 29.7 Å². The van der Waals surface area contributed by atoms with Crippen molar-refractivity contribution in [1.82, 2.24) is 25.4 Å². The molecule has 1 aromatic carbocycles. The van der Waals surface area contributed by atoms with Gasteiger partial charge in [-0.3, -0.25) is 19.8 Å². The Kier molecular flexibility index (Phi) is 5.55. The van der Waals surface area contributed by atoms with E-state index in [9.17, 15) is 9.59 Å². The van der Waals surface area contributed by atoms with Gasteiger partial charge in [0.05, 0.1) is 5.92 Å². The molecule has 3 aliphatic heterocycles. The average Bonchev–Trinajstić information content (AvgIpc) is 3.53. The van der Waals surface area contributed by atoms with Crippen LogP contribution >= 0.6 is 0 Å². The number of piperazine rings is 1. The van der Waals surface area contributed by atoms with Crippen molar-refractivity contribution in [1.29, 1.82) is 0 Å². The lowest BCUT2D eigenvalue weighted by Crippen LogP contribution is -2.69. The van der Waals surface area contributed by atoms with Crippen molar-refractivity contribution in [2.24, 2.45) is 5.92 Å². The summed E-state index contributed by atoms with van der Waals surface area (Å²) in [5.41, 5.74) is 1.99. The number of aromatic nitrogens is 1. The molecule has 1 aliphatic carbocycles. The Balaban J connectivity index is 1.09. The Bertz CT molecular complexity index is 1040. The second-order valence-corrected chi connectivity index (χ2v) is 9.64. The molecule has 9 heteroatoms. The van der Waals surface area contributed by atoms with Gasteiger partial charge in [-0.2, -0.15) is 0 Å². The van der Waals surface area contributed by atoms with Crippen molar-refractivity contribution >= 4 is 22.9 Å². The lowest BCUT2D eigenvalue weighted by atomic mass is 9.82. The number of hydrogen-bond donors (Lipinski definition) is 2. The van der Waals surface area contributed by atoms with Crippen LogP contribution < -0.4 is 10.6 Å². The molecule has 1 saturated carbocycles. The first kappa shape index (κ1) is 21.1. The molecule has 4 atom stereocenters. The van der Waals surface area contributed by atoms with Crippen LogP contribution in [0.2, 0.25) is 0 Å². The number of benzene rings is 1. The van der Waals surface area contributed by atoms with Crippen LogP contribution in [-0.4, -0.2) is 71.7 Å². The zero-order valence-electron chi connectivity index (χ0n) is 18.8. The van der Waals surface area contributed by atoms with E-state index in [4.69, 9.17) is 9.15 Å². The quantitative estimate of drug-likeness (QED) is 0.733. The number of nitrogens with one attached hydrogen (secondary N) is 2. The van der Waals surface area contributed by atoms with Crippen LogP contribution in [0.1, 0.15) is 60.9 Å². The summed E-state index contributed by atoms with van der Waals surface area (Å²) in [7, 11) is 0. The van der Waals surface area contributed by atoms with E-state index in [1.807, 2.05) is 17.0 Å². The fourth-order valence-corrected chi connectivity index (χ4v) is 5.68. The maximum absolute atomic E-state index is 13.2. The van der Waals surface area contributed by atoms with Gasteiger partial charge in [0.1, 0.15) is 17.9 Å². The fraction of sp³-hybridized carbons (Fsp3) is 0.625. The summed E-state index contributed by atoms with van der Waals surface area (Å²) in [6.45, 7) is 3.41. The topological polar surface area (TPSA) is 99.9 Å². The maximum atomic E-state index is 13.2. The molecule has 6 rings (SSSR count). The van der Waals surface area contributed by atoms with Crippen molar-refractivity contribution in [2.75, 3.05) is 32.8 Å². The highest BCUT2D eigenvalue weighted by molar-refractivity contribution is 5.97. The minimum absolute atomic E-state index is 0.000371. The lowest BCUT2D eigenvalue weighted by molar-refractivity contribution is -0.134. The average molecular weight is 454 g/mol. The predicted octanol–water partition coefficient (Wildman–Crippen LogP) is 2.00. The SMILES string of the molecule is O=C1NC(N2CCN(C(=O)c3ccc4nc(C5CCCO5)oc4c3)CC2)NC2CCCCC12. The van der Waals surface area contributed by atoms with Gasteiger partial charge >= 0.3 is 0 Å². The second kappa shape index (κ2) is 8.70. The molecule has 3 saturated heterocycles. The van der Waals surface area contributed by atoms with Crippen molar-refractivity contribution < 1.29 is 18.7 Å². The van der Waals surface area contributed by atoms with Crippen LogP contribution in [0.4, 0.5) is 0 Å². The standard InChI is InChI=1S/C24H31N5O4/c30-21-16-4-1-2-5-17(16)26-24(27-21)29-11-9-28(10-12-29)23(31)15-7-8-18-20(14-15)33-22(25-18)19-6-3-13-32-19/h7-8,14,16-17,19,24,26H,1-6,9-13H2,(H,27,30). The molecule has 0 bridgehead atoms. The third kappa shape index (κ3) is 4.02. The smallest absolute Gasteiger partial charge is 0.254 e. The molecule has 33 heavy (non-hydrogen) atoms. The fourth-order valence-electron chi connectivity index (χ4n) is 5.68. The van der Waals surface area contributed by atoms with Crippen LogP contribution in [0.5, 0.6) is 0 Å². The normalized spacial score (nSPS) is 30.9. The largest absolute Gasteiger partial charge is 0.438 e. The van der Waals surface area contributed by atoms with E-state index in [0.29, 0.717) is 30.1 Å². The minimum Gasteiger partial charge on any atom is -0.438 e. The predicted molar refractivity (Wildman–Crippen MR) is 120 cm³/mol. The molecule has 1 aromatic heterocycles. The lowest BCUT2D eigenvalue weighted by Gasteiger charge is -2.46. The molecule has 4 aliphatic rings. The first-order valence-corrected chi connectivity index (χ1v) is 12.3. The molecule has 2 aromatic rings. The number of rotatable bonds is 3. The third-order valence-corrected chi connectivity index (χ3v) is 7.58. The molecule has 4 heterocycles. The summed E-state index contributed by atoms with van der Waals surface area (Å²) in [5.74, 6) is 0.872. The number of fused-ring (bicyclic) bond motifs is 2. The molecule has 2 amide bonds. The van der Waals surface area contributed by atoms with Gasteiger partial charge in [0, 0.05) is 44.4 Å². The van der Waals surface area contributed by atoms with E-state index in [1.165, 1.54) is 6.42 Å². The van der Waals surface area contributed by atoms with Gasteiger partial charge < -0.3 is 19.4 Å². The van der Waals surface area contributed by atoms with Crippen molar-refractivity contribution in [3.8, 4) is 0 Å². The third-order valence-electron chi connectivity index (χ3n) is 7.58. The first-order chi connectivity index (χ1) is 16.2. The van der Waals surface area contributed by atoms with E-state index in [2.05, 4.69) is 20.5 Å². The number of hydrogen-bond acceptors (Lipinski definition) is 7. The second-order valence-electron chi connectivity index (χ2n) is 9.64. The monoisotopic (exact) mass is 453 g/mol. The highest BCUT2D eigenvalue weighted by atomic mass is 16.5. The Morgan fingerprint density at radius 2 is 1.91 bits per heavy atom. The Labute approximate surface area is 192 Å². The van der Waals surface area contributed by atoms with Crippen LogP contribution in [0.15, 0.2) is 22.6 Å². The van der Waals surface area contributed by atoms with Gasteiger partial charge in [0.2, 0.25) is 11.8 Å². The summed E-state index contributed by atoms with van der Waals surface area (Å²) in [6, 6.07) is 5.74. The Morgan fingerprint density at radius 3 is 2.73 bits per heavy atom. The molecular weight excluding hydrogens is 422 g/mol. The van der Waals surface area contributed by atoms with Gasteiger partial charge in [-0.1, -0.05) is 12.8 Å². The number of amides is 2. The minimum atomic E-state index is -0.143. The number of carbonyl (C=O) groups is 2. The van der Waals surface area contributed by atoms with Gasteiger partial charge in [0.25, 0.3) is 5.91 Å². The van der Waals surface area contributed by atoms with Gasteiger partial charge in [0.15, 0.2) is 5.58 Å². The van der Waals surface area contributed by atoms with E-state index >= 15 is 0 Å². The Morgan fingerprint density at radius 1 is 1.06 bits per heavy atom. The number of nitrogens with zero attached hydrogens (tertiary/aromatic N) is 3. The zero-order chi connectivity index (χ0) is 22.4. The van der Waals surface area contributed by atoms with Crippen LogP contribution in [0.25, 0.3) is 11.1 Å². The molecule has 4 unspecified atom stereocenters. The molecule has 9 nitrogen and oxygen atoms in total. The van der Waals surface area contributed by atoms with Crippen LogP contribution in [0, 0.1) is 5.92 Å². The summed E-state index contributed by atoms with van der Waals surface area (Å²) in [6.07, 6.45) is 6.06. The van der Waals surface area contributed by atoms with Crippen molar-refractivity contribution in [2.45, 2.75) is 57.0 Å². The van der Waals surface area contributed by atoms with Crippen LogP contribution in [-0.2, 0) is 9.53 Å². The molecule has 176 valence electrons. The van der Waals surface area contributed by atoms with Crippen LogP contribution in [0.3, 0.4) is 0 Å². The van der Waals surface area contributed by atoms with E-state index in [0.717, 1.165) is 57.3 Å². The van der Waals surface area contributed by atoms with Gasteiger partial charge in [-0.25, -0.2) is 4.98 Å². The molecule has 0 spiro atoms. The number of oxazole rings is 1. The van der Waals surface area contributed by atoms with E-state index in [1.54, 1.807) is 6.07 Å². The van der Waals surface area contributed by atoms with E-state index < -0.39 is 0 Å². The highest BCUT2D eigenvalue weighted by Crippen LogP contribution is 2.31. The zero-order valence-corrected chi connectivity index (χ0v) is 18.8. The molecule has 2 N–H and O–H groups in total. The van der Waals surface area contributed by atoms with Crippen molar-refractivity contribution in [3.63, 3.8) is 0 Å². The van der Waals surface area contributed by atoms with Gasteiger partial charge in [-0.15, -0.1) is 0 Å². The molecule has 0 radical (unpaired) electrons. The Hall–Kier alpha value is -2.49. The summed E-state index contributed by atoms with van der Waals surface area (Å²) < 4.78 is 11.6. The number of carbonyl (C=O) groups excluding carboxylic acids is 2. The van der Waals surface area contributed by atoms with E-state index in [-0.39, 0.29) is 36.2 Å². The first-order valence-electron chi connectivity index (χ1n) is 12.3. The summed E-state index contributed by atoms with van der Waals surface area (Å²) in [4.78, 5) is 34.4. The molecular formula is C24H31N5O4. The summed E-state index contributed by atoms with van der Waals surface area (Å²) >= 11 is 0. The summed E-state index contributed by atoms with van der Waals surface area (Å²) in [5, 5.41) is 6.79. The highest BCUT2D eigenvalue weighted by Gasteiger charge is 2.40. The molecule has 4 fully saturated rings. The maximum Gasteiger partial charge on any atom is 0.254 e. The van der Waals surface area contributed by atoms with Gasteiger partial charge in [-0.05, 0) is 43.9 Å². The number of ether oxygens (including phenoxy) is 1.